The Labute approximate surface area is 104 Å². The first-order valence-corrected chi connectivity index (χ1v) is 6.47. The summed E-state index contributed by atoms with van der Waals surface area (Å²) in [7, 11) is 0. The van der Waals surface area contributed by atoms with Crippen LogP contribution in [0, 0.1) is 11.3 Å². The van der Waals surface area contributed by atoms with Crippen LogP contribution < -0.4 is 5.32 Å². The normalized spacial score (nSPS) is 9.88. The maximum absolute atomic E-state index is 8.61. The average molecular weight is 231 g/mol. The van der Waals surface area contributed by atoms with Crippen molar-refractivity contribution in [2.45, 2.75) is 45.4 Å². The third-order valence-electron chi connectivity index (χ3n) is 2.74. The van der Waals surface area contributed by atoms with Crippen molar-refractivity contribution in [3.63, 3.8) is 0 Å². The van der Waals surface area contributed by atoms with Gasteiger partial charge < -0.3 is 5.32 Å². The molecule has 0 spiro atoms. The molecule has 0 fully saturated rings. The fourth-order valence-electron chi connectivity index (χ4n) is 1.70. The van der Waals surface area contributed by atoms with Crippen molar-refractivity contribution in [2.24, 2.45) is 0 Å². The van der Waals surface area contributed by atoms with Crippen molar-refractivity contribution in [1.29, 1.82) is 5.26 Å². The van der Waals surface area contributed by atoms with Crippen molar-refractivity contribution in [2.75, 3.05) is 11.9 Å². The van der Waals surface area contributed by atoms with E-state index in [0.717, 1.165) is 12.2 Å². The Morgan fingerprint density at radius 1 is 1.18 bits per heavy atom. The number of hydrogen-bond donors (Lipinski definition) is 1. The number of pyridine rings is 1. The van der Waals surface area contributed by atoms with E-state index in [1.54, 1.807) is 12.3 Å². The molecule has 17 heavy (non-hydrogen) atoms. The Bertz CT molecular complexity index is 337. The summed E-state index contributed by atoms with van der Waals surface area (Å²) in [6.45, 7) is 3.22. The number of anilines is 1. The summed E-state index contributed by atoms with van der Waals surface area (Å²) in [5, 5.41) is 11.9. The first-order valence-electron chi connectivity index (χ1n) is 6.47. The number of hydrogen-bond acceptors (Lipinski definition) is 3. The summed E-state index contributed by atoms with van der Waals surface area (Å²) in [6.07, 6.45) is 9.55. The molecule has 3 nitrogen and oxygen atoms in total. The molecule has 0 bridgehead atoms. The summed E-state index contributed by atoms with van der Waals surface area (Å²) in [5.74, 6) is 0. The lowest BCUT2D eigenvalue weighted by molar-refractivity contribution is 0.617. The molecule has 92 valence electrons. The van der Waals surface area contributed by atoms with E-state index in [1.807, 2.05) is 12.1 Å². The van der Waals surface area contributed by atoms with Crippen molar-refractivity contribution in [1.82, 2.24) is 4.98 Å². The molecule has 1 heterocycles. The van der Waals surface area contributed by atoms with E-state index < -0.39 is 0 Å². The zero-order valence-electron chi connectivity index (χ0n) is 10.6. The molecule has 0 radical (unpaired) electrons. The van der Waals surface area contributed by atoms with Crippen LogP contribution in [0.15, 0.2) is 18.3 Å². The molecule has 0 atom stereocenters. The maximum atomic E-state index is 8.61. The van der Waals surface area contributed by atoms with Gasteiger partial charge in [-0.15, -0.1) is 0 Å². The lowest BCUT2D eigenvalue weighted by Crippen LogP contribution is -2.01. The molecule has 1 aromatic rings. The molecule has 0 aliphatic carbocycles. The summed E-state index contributed by atoms with van der Waals surface area (Å²) >= 11 is 0. The Balaban J connectivity index is 2.08. The van der Waals surface area contributed by atoms with Crippen LogP contribution in [0.1, 0.15) is 51.1 Å². The fourth-order valence-corrected chi connectivity index (χ4v) is 1.70. The van der Waals surface area contributed by atoms with Gasteiger partial charge in [-0.1, -0.05) is 39.0 Å². The standard InChI is InChI=1S/C14H21N3/c1-2-3-4-5-6-7-10-16-14-9-8-13(11-15)17-12-14/h8-9,12,16H,2-7,10H2,1H3. The third-order valence-corrected chi connectivity index (χ3v) is 2.74. The van der Waals surface area contributed by atoms with Gasteiger partial charge in [0.2, 0.25) is 0 Å². The minimum Gasteiger partial charge on any atom is -0.384 e. The van der Waals surface area contributed by atoms with Crippen molar-refractivity contribution in [3.8, 4) is 6.07 Å². The number of nitriles is 1. The molecule has 1 aromatic heterocycles. The number of aromatic nitrogens is 1. The highest BCUT2D eigenvalue weighted by Crippen LogP contribution is 2.08. The molecule has 0 amide bonds. The van der Waals surface area contributed by atoms with Gasteiger partial charge in [-0.3, -0.25) is 0 Å². The lowest BCUT2D eigenvalue weighted by Gasteiger charge is -2.05. The number of rotatable bonds is 8. The highest BCUT2D eigenvalue weighted by molar-refractivity contribution is 5.42. The first kappa shape index (κ1) is 13.5. The van der Waals surface area contributed by atoms with Gasteiger partial charge in [0, 0.05) is 6.54 Å². The highest BCUT2D eigenvalue weighted by atomic mass is 14.9. The second-order valence-electron chi connectivity index (χ2n) is 4.24. The van der Waals surface area contributed by atoms with E-state index in [9.17, 15) is 0 Å². The maximum Gasteiger partial charge on any atom is 0.140 e. The Hall–Kier alpha value is -1.56. The van der Waals surface area contributed by atoms with Crippen LogP contribution in [0.25, 0.3) is 0 Å². The summed E-state index contributed by atoms with van der Waals surface area (Å²) in [6, 6.07) is 5.66. The van der Waals surface area contributed by atoms with Crippen LogP contribution in [-0.4, -0.2) is 11.5 Å². The lowest BCUT2D eigenvalue weighted by atomic mass is 10.1. The zero-order valence-corrected chi connectivity index (χ0v) is 10.6. The van der Waals surface area contributed by atoms with Gasteiger partial charge in [-0.2, -0.15) is 5.26 Å². The molecule has 3 heteroatoms. The minimum atomic E-state index is 0.468. The molecule has 0 aromatic carbocycles. The Morgan fingerprint density at radius 3 is 2.59 bits per heavy atom. The van der Waals surface area contributed by atoms with Crippen molar-refractivity contribution >= 4 is 5.69 Å². The Kier molecular flexibility index (Phi) is 6.81. The second kappa shape index (κ2) is 8.58. The van der Waals surface area contributed by atoms with Crippen LogP contribution >= 0.6 is 0 Å². The van der Waals surface area contributed by atoms with Crippen LogP contribution in [0.4, 0.5) is 5.69 Å². The minimum absolute atomic E-state index is 0.468. The van der Waals surface area contributed by atoms with Crippen molar-refractivity contribution in [3.05, 3.63) is 24.0 Å². The summed E-state index contributed by atoms with van der Waals surface area (Å²) in [4.78, 5) is 4.01. The van der Waals surface area contributed by atoms with Gasteiger partial charge in [0.05, 0.1) is 11.9 Å². The molecule has 0 aliphatic heterocycles. The summed E-state index contributed by atoms with van der Waals surface area (Å²) < 4.78 is 0. The van der Waals surface area contributed by atoms with Crippen molar-refractivity contribution < 1.29 is 0 Å². The molecule has 1 rings (SSSR count). The van der Waals surface area contributed by atoms with E-state index in [1.165, 1.54) is 38.5 Å². The molecule has 0 unspecified atom stereocenters. The largest absolute Gasteiger partial charge is 0.384 e. The van der Waals surface area contributed by atoms with Gasteiger partial charge in [0.25, 0.3) is 0 Å². The van der Waals surface area contributed by atoms with Crippen LogP contribution in [0.5, 0.6) is 0 Å². The molecule has 0 saturated carbocycles. The second-order valence-corrected chi connectivity index (χ2v) is 4.24. The molecular weight excluding hydrogens is 210 g/mol. The van der Waals surface area contributed by atoms with E-state index >= 15 is 0 Å². The number of nitrogens with zero attached hydrogens (tertiary/aromatic N) is 2. The van der Waals surface area contributed by atoms with Gasteiger partial charge in [0.15, 0.2) is 0 Å². The van der Waals surface area contributed by atoms with E-state index in [0.29, 0.717) is 5.69 Å². The number of unbranched alkanes of at least 4 members (excludes halogenated alkanes) is 5. The molecule has 1 N–H and O–H groups in total. The number of nitrogens with one attached hydrogen (secondary N) is 1. The predicted octanol–water partition coefficient (Wildman–Crippen LogP) is 3.73. The zero-order chi connectivity index (χ0) is 12.3. The monoisotopic (exact) mass is 231 g/mol. The smallest absolute Gasteiger partial charge is 0.140 e. The van der Waals surface area contributed by atoms with Crippen LogP contribution in [0.2, 0.25) is 0 Å². The highest BCUT2D eigenvalue weighted by Gasteiger charge is 1.94. The molecule has 0 saturated heterocycles. The van der Waals surface area contributed by atoms with Gasteiger partial charge >= 0.3 is 0 Å². The van der Waals surface area contributed by atoms with E-state index in [-0.39, 0.29) is 0 Å². The van der Waals surface area contributed by atoms with Gasteiger partial charge in [-0.05, 0) is 18.6 Å². The third kappa shape index (κ3) is 5.91. The van der Waals surface area contributed by atoms with Crippen LogP contribution in [-0.2, 0) is 0 Å². The fraction of sp³-hybridized carbons (Fsp3) is 0.571. The molecule has 0 aliphatic rings. The quantitative estimate of drug-likeness (QED) is 0.693. The van der Waals surface area contributed by atoms with Gasteiger partial charge in [-0.25, -0.2) is 4.98 Å². The predicted molar refractivity (Wildman–Crippen MR) is 70.8 cm³/mol. The Morgan fingerprint density at radius 2 is 1.94 bits per heavy atom. The first-order chi connectivity index (χ1) is 8.36. The topological polar surface area (TPSA) is 48.7 Å². The average Bonchev–Trinajstić information content (AvgIpc) is 2.38. The SMILES string of the molecule is CCCCCCCCNc1ccc(C#N)nc1. The van der Waals surface area contributed by atoms with Gasteiger partial charge in [0.1, 0.15) is 11.8 Å². The molecular formula is C14H21N3. The van der Waals surface area contributed by atoms with Crippen LogP contribution in [0.3, 0.4) is 0 Å². The van der Waals surface area contributed by atoms with E-state index in [2.05, 4.69) is 17.2 Å². The van der Waals surface area contributed by atoms with E-state index in [4.69, 9.17) is 5.26 Å². The summed E-state index contributed by atoms with van der Waals surface area (Å²) in [5.41, 5.74) is 1.47.